The SMILES string of the molecule is CNc1nc(=O)[nH]c2c1CSCC2. The molecule has 0 amide bonds. The normalized spacial score (nSPS) is 15.2. The molecule has 1 aliphatic heterocycles. The quantitative estimate of drug-likeness (QED) is 0.692. The van der Waals surface area contributed by atoms with Crippen molar-refractivity contribution in [3.05, 3.63) is 21.7 Å². The number of aryl methyl sites for hydroxylation is 1. The second kappa shape index (κ2) is 3.41. The summed E-state index contributed by atoms with van der Waals surface area (Å²) < 4.78 is 0. The Morgan fingerprint density at radius 2 is 2.46 bits per heavy atom. The minimum Gasteiger partial charge on any atom is -0.373 e. The van der Waals surface area contributed by atoms with Crippen LogP contribution in [0.4, 0.5) is 5.82 Å². The fourth-order valence-electron chi connectivity index (χ4n) is 1.47. The summed E-state index contributed by atoms with van der Waals surface area (Å²) in [7, 11) is 1.79. The van der Waals surface area contributed by atoms with Crippen LogP contribution in [-0.4, -0.2) is 22.8 Å². The van der Waals surface area contributed by atoms with Crippen LogP contribution in [-0.2, 0) is 12.2 Å². The van der Waals surface area contributed by atoms with Crippen LogP contribution in [0.15, 0.2) is 4.79 Å². The first kappa shape index (κ1) is 8.62. The predicted molar refractivity (Wildman–Crippen MR) is 54.3 cm³/mol. The monoisotopic (exact) mass is 197 g/mol. The van der Waals surface area contributed by atoms with Gasteiger partial charge in [-0.3, -0.25) is 0 Å². The van der Waals surface area contributed by atoms with Gasteiger partial charge in [-0.1, -0.05) is 0 Å². The third-order valence-electron chi connectivity index (χ3n) is 2.10. The van der Waals surface area contributed by atoms with E-state index >= 15 is 0 Å². The summed E-state index contributed by atoms with van der Waals surface area (Å²) in [6.45, 7) is 0. The minimum absolute atomic E-state index is 0.255. The summed E-state index contributed by atoms with van der Waals surface area (Å²) in [4.78, 5) is 17.8. The Labute approximate surface area is 80.2 Å². The van der Waals surface area contributed by atoms with E-state index in [1.807, 2.05) is 11.8 Å². The average molecular weight is 197 g/mol. The molecule has 70 valence electrons. The lowest BCUT2D eigenvalue weighted by atomic mass is 10.2. The van der Waals surface area contributed by atoms with Gasteiger partial charge in [-0.15, -0.1) is 0 Å². The van der Waals surface area contributed by atoms with Gasteiger partial charge in [0.05, 0.1) is 0 Å². The number of anilines is 1. The standard InChI is InChI=1S/C8H11N3OS/c1-9-7-5-4-13-3-2-6(5)10-8(12)11-7/h2-4H2,1H3,(H2,9,10,11,12). The van der Waals surface area contributed by atoms with E-state index in [0.717, 1.165) is 35.0 Å². The first-order chi connectivity index (χ1) is 6.31. The molecule has 2 rings (SSSR count). The first-order valence-electron chi connectivity index (χ1n) is 4.19. The molecule has 1 aliphatic rings. The van der Waals surface area contributed by atoms with Crippen LogP contribution in [0.3, 0.4) is 0 Å². The first-order valence-corrected chi connectivity index (χ1v) is 5.34. The Balaban J connectivity index is 2.57. The van der Waals surface area contributed by atoms with Gasteiger partial charge in [-0.25, -0.2) is 4.79 Å². The van der Waals surface area contributed by atoms with Gasteiger partial charge >= 0.3 is 5.69 Å². The van der Waals surface area contributed by atoms with Gasteiger partial charge in [0.1, 0.15) is 5.82 Å². The van der Waals surface area contributed by atoms with Crippen LogP contribution in [0.1, 0.15) is 11.3 Å². The summed E-state index contributed by atoms with van der Waals surface area (Å²) >= 11 is 1.87. The lowest BCUT2D eigenvalue weighted by Crippen LogP contribution is -2.20. The highest BCUT2D eigenvalue weighted by molar-refractivity contribution is 7.98. The molecule has 0 aliphatic carbocycles. The van der Waals surface area contributed by atoms with Crippen molar-refractivity contribution in [3.8, 4) is 0 Å². The third kappa shape index (κ3) is 1.56. The van der Waals surface area contributed by atoms with E-state index in [1.165, 1.54) is 0 Å². The molecule has 0 bridgehead atoms. The Kier molecular flexibility index (Phi) is 2.26. The number of fused-ring (bicyclic) bond motifs is 1. The van der Waals surface area contributed by atoms with E-state index in [0.29, 0.717) is 0 Å². The number of thioether (sulfide) groups is 1. The van der Waals surface area contributed by atoms with Crippen molar-refractivity contribution >= 4 is 17.6 Å². The van der Waals surface area contributed by atoms with Gasteiger partial charge in [0.25, 0.3) is 0 Å². The summed E-state index contributed by atoms with van der Waals surface area (Å²) in [5, 5.41) is 2.95. The van der Waals surface area contributed by atoms with Crippen molar-refractivity contribution in [2.75, 3.05) is 18.1 Å². The number of hydrogen-bond donors (Lipinski definition) is 2. The number of nitrogens with one attached hydrogen (secondary N) is 2. The van der Waals surface area contributed by atoms with Crippen LogP contribution in [0, 0.1) is 0 Å². The van der Waals surface area contributed by atoms with Gasteiger partial charge < -0.3 is 10.3 Å². The number of nitrogens with zero attached hydrogens (tertiary/aromatic N) is 1. The third-order valence-corrected chi connectivity index (χ3v) is 3.09. The Hall–Kier alpha value is -0.970. The van der Waals surface area contributed by atoms with Crippen molar-refractivity contribution in [2.45, 2.75) is 12.2 Å². The molecular formula is C8H11N3OS. The van der Waals surface area contributed by atoms with Crippen LogP contribution in [0.5, 0.6) is 0 Å². The second-order valence-electron chi connectivity index (χ2n) is 2.90. The predicted octanol–water partition coefficient (Wildman–Crippen LogP) is 0.601. The molecule has 0 aromatic carbocycles. The average Bonchev–Trinajstić information content (AvgIpc) is 2.16. The molecule has 0 unspecified atom stereocenters. The zero-order valence-electron chi connectivity index (χ0n) is 7.39. The number of rotatable bonds is 1. The fraction of sp³-hybridized carbons (Fsp3) is 0.500. The van der Waals surface area contributed by atoms with Crippen molar-refractivity contribution in [1.29, 1.82) is 0 Å². The van der Waals surface area contributed by atoms with Crippen molar-refractivity contribution in [1.82, 2.24) is 9.97 Å². The Bertz CT molecular complexity index is 354. The molecule has 0 fully saturated rings. The largest absolute Gasteiger partial charge is 0.373 e. The van der Waals surface area contributed by atoms with E-state index < -0.39 is 0 Å². The van der Waals surface area contributed by atoms with Crippen LogP contribution in [0.25, 0.3) is 0 Å². The second-order valence-corrected chi connectivity index (χ2v) is 4.01. The summed E-state index contributed by atoms with van der Waals surface area (Å²) in [6, 6.07) is 0. The number of aromatic nitrogens is 2. The zero-order valence-corrected chi connectivity index (χ0v) is 8.20. The molecule has 1 aromatic heterocycles. The minimum atomic E-state index is -0.255. The molecule has 0 saturated carbocycles. The summed E-state index contributed by atoms with van der Waals surface area (Å²) in [6.07, 6.45) is 0.937. The molecule has 0 spiro atoms. The van der Waals surface area contributed by atoms with Crippen LogP contribution < -0.4 is 11.0 Å². The Morgan fingerprint density at radius 1 is 1.62 bits per heavy atom. The van der Waals surface area contributed by atoms with E-state index in [9.17, 15) is 4.79 Å². The Morgan fingerprint density at radius 3 is 3.23 bits per heavy atom. The molecule has 0 radical (unpaired) electrons. The molecule has 13 heavy (non-hydrogen) atoms. The molecular weight excluding hydrogens is 186 g/mol. The van der Waals surface area contributed by atoms with E-state index in [1.54, 1.807) is 7.05 Å². The van der Waals surface area contributed by atoms with Gasteiger partial charge in [0.2, 0.25) is 0 Å². The number of hydrogen-bond acceptors (Lipinski definition) is 4. The van der Waals surface area contributed by atoms with E-state index in [-0.39, 0.29) is 5.69 Å². The van der Waals surface area contributed by atoms with E-state index in [2.05, 4.69) is 15.3 Å². The topological polar surface area (TPSA) is 57.8 Å². The van der Waals surface area contributed by atoms with Gasteiger partial charge in [0, 0.05) is 24.1 Å². The smallest absolute Gasteiger partial charge is 0.347 e. The zero-order chi connectivity index (χ0) is 9.26. The number of H-pyrrole nitrogens is 1. The maximum Gasteiger partial charge on any atom is 0.347 e. The van der Waals surface area contributed by atoms with Gasteiger partial charge in [0.15, 0.2) is 0 Å². The van der Waals surface area contributed by atoms with Crippen molar-refractivity contribution < 1.29 is 0 Å². The maximum absolute atomic E-state index is 11.1. The summed E-state index contributed by atoms with van der Waals surface area (Å²) in [5.74, 6) is 2.75. The van der Waals surface area contributed by atoms with E-state index in [4.69, 9.17) is 0 Å². The van der Waals surface area contributed by atoms with Gasteiger partial charge in [-0.05, 0) is 12.2 Å². The van der Waals surface area contributed by atoms with Gasteiger partial charge in [-0.2, -0.15) is 16.7 Å². The highest BCUT2D eigenvalue weighted by Gasteiger charge is 2.15. The maximum atomic E-state index is 11.1. The molecule has 0 saturated heterocycles. The lowest BCUT2D eigenvalue weighted by molar-refractivity contribution is 0.921. The van der Waals surface area contributed by atoms with Crippen LogP contribution >= 0.6 is 11.8 Å². The molecule has 5 heteroatoms. The lowest BCUT2D eigenvalue weighted by Gasteiger charge is -2.16. The molecule has 2 heterocycles. The molecule has 0 atom stereocenters. The summed E-state index contributed by atoms with van der Waals surface area (Å²) in [5.41, 5.74) is 1.94. The molecule has 4 nitrogen and oxygen atoms in total. The highest BCUT2D eigenvalue weighted by atomic mass is 32.2. The molecule has 2 N–H and O–H groups in total. The number of aromatic amines is 1. The van der Waals surface area contributed by atoms with Crippen LogP contribution in [0.2, 0.25) is 0 Å². The molecule has 1 aromatic rings. The highest BCUT2D eigenvalue weighted by Crippen LogP contribution is 2.26. The van der Waals surface area contributed by atoms with Crippen molar-refractivity contribution in [3.63, 3.8) is 0 Å². The van der Waals surface area contributed by atoms with Crippen molar-refractivity contribution in [2.24, 2.45) is 0 Å². The fourth-order valence-corrected chi connectivity index (χ4v) is 2.48.